The van der Waals surface area contributed by atoms with E-state index in [1.807, 2.05) is 29.6 Å². The van der Waals surface area contributed by atoms with Gasteiger partial charge in [0, 0.05) is 16.8 Å². The molecule has 0 saturated carbocycles. The van der Waals surface area contributed by atoms with E-state index >= 15 is 0 Å². The van der Waals surface area contributed by atoms with Crippen LogP contribution in [0.3, 0.4) is 0 Å². The second kappa shape index (κ2) is 6.41. The van der Waals surface area contributed by atoms with E-state index in [9.17, 15) is 4.79 Å². The van der Waals surface area contributed by atoms with Crippen LogP contribution in [0.25, 0.3) is 16.2 Å². The molecule has 0 saturated heterocycles. The molecule has 0 aliphatic rings. The Morgan fingerprint density at radius 3 is 2.71 bits per heavy atom. The number of nitrogens with one attached hydrogen (secondary N) is 1. The molecular formula is C16H17ClN4O2S. The van der Waals surface area contributed by atoms with Crippen molar-refractivity contribution in [1.29, 1.82) is 0 Å². The van der Waals surface area contributed by atoms with Crippen molar-refractivity contribution in [2.24, 2.45) is 5.41 Å². The van der Waals surface area contributed by atoms with Gasteiger partial charge < -0.3 is 4.74 Å². The summed E-state index contributed by atoms with van der Waals surface area (Å²) in [7, 11) is 1.63. The minimum Gasteiger partial charge on any atom is -0.497 e. The molecule has 1 amide bonds. The van der Waals surface area contributed by atoms with Crippen molar-refractivity contribution in [3.63, 3.8) is 0 Å². The molecule has 0 aliphatic carbocycles. The molecular weight excluding hydrogens is 348 g/mol. The van der Waals surface area contributed by atoms with Gasteiger partial charge in [-0.25, -0.2) is 4.52 Å². The fraction of sp³-hybridized carbons (Fsp3) is 0.312. The molecule has 2 heterocycles. The summed E-state index contributed by atoms with van der Waals surface area (Å²) in [6, 6.07) is 7.69. The van der Waals surface area contributed by atoms with E-state index in [2.05, 4.69) is 15.4 Å². The van der Waals surface area contributed by atoms with Gasteiger partial charge in [-0.2, -0.15) is 4.98 Å². The van der Waals surface area contributed by atoms with Crippen LogP contribution in [0.5, 0.6) is 5.75 Å². The largest absolute Gasteiger partial charge is 0.497 e. The lowest BCUT2D eigenvalue weighted by Gasteiger charge is -2.18. The van der Waals surface area contributed by atoms with Gasteiger partial charge in [-0.15, -0.1) is 28.0 Å². The number of methoxy groups -OCH3 is 1. The first-order valence-electron chi connectivity index (χ1n) is 7.31. The predicted molar refractivity (Wildman–Crippen MR) is 96.0 cm³/mol. The van der Waals surface area contributed by atoms with Crippen LogP contribution in [0.4, 0.5) is 5.95 Å². The molecule has 8 heteroatoms. The highest BCUT2D eigenvalue weighted by molar-refractivity contribution is 7.15. The maximum Gasteiger partial charge on any atom is 0.250 e. The van der Waals surface area contributed by atoms with Gasteiger partial charge in [0.05, 0.1) is 18.2 Å². The fourth-order valence-corrected chi connectivity index (χ4v) is 2.98. The van der Waals surface area contributed by atoms with Crippen molar-refractivity contribution in [1.82, 2.24) is 14.6 Å². The van der Waals surface area contributed by atoms with Crippen molar-refractivity contribution in [3.05, 3.63) is 29.6 Å². The van der Waals surface area contributed by atoms with Gasteiger partial charge in [0.15, 0.2) is 0 Å². The number of nitrogens with zero attached hydrogens (tertiary/aromatic N) is 3. The highest BCUT2D eigenvalue weighted by atomic mass is 35.5. The number of alkyl halides is 1. The predicted octanol–water partition coefficient (Wildman–Crippen LogP) is 3.67. The van der Waals surface area contributed by atoms with Gasteiger partial charge in [0.1, 0.15) is 5.75 Å². The van der Waals surface area contributed by atoms with Crippen LogP contribution in [-0.4, -0.2) is 33.5 Å². The third kappa shape index (κ3) is 3.09. The summed E-state index contributed by atoms with van der Waals surface area (Å²) in [5.41, 5.74) is 1.21. The van der Waals surface area contributed by atoms with Crippen molar-refractivity contribution >= 4 is 39.8 Å². The lowest BCUT2D eigenvalue weighted by molar-refractivity contribution is -0.123. The first kappa shape index (κ1) is 16.7. The Hall–Kier alpha value is -2.12. The molecule has 0 spiro atoms. The highest BCUT2D eigenvalue weighted by Crippen LogP contribution is 2.28. The van der Waals surface area contributed by atoms with Crippen LogP contribution in [0.1, 0.15) is 13.8 Å². The first-order chi connectivity index (χ1) is 11.4. The average Bonchev–Trinajstić information content (AvgIpc) is 3.14. The van der Waals surface area contributed by atoms with E-state index < -0.39 is 5.41 Å². The summed E-state index contributed by atoms with van der Waals surface area (Å²) in [4.78, 5) is 17.3. The number of anilines is 1. The van der Waals surface area contributed by atoms with Crippen molar-refractivity contribution in [2.75, 3.05) is 18.3 Å². The van der Waals surface area contributed by atoms with E-state index in [0.29, 0.717) is 4.96 Å². The lowest BCUT2D eigenvalue weighted by Crippen LogP contribution is -2.32. The first-order valence-corrected chi connectivity index (χ1v) is 8.72. The Morgan fingerprint density at radius 1 is 1.38 bits per heavy atom. The number of aromatic nitrogens is 3. The Balaban J connectivity index is 1.90. The number of halogens is 1. The Morgan fingerprint density at radius 2 is 2.08 bits per heavy atom. The number of fused-ring (bicyclic) bond motifs is 1. The zero-order chi connectivity index (χ0) is 17.3. The van der Waals surface area contributed by atoms with E-state index in [4.69, 9.17) is 16.3 Å². The second-order valence-corrected chi connectivity index (χ2v) is 7.05. The van der Waals surface area contributed by atoms with E-state index in [-0.39, 0.29) is 17.7 Å². The number of carbonyl (C=O) groups excluding carboxylic acids is 1. The summed E-state index contributed by atoms with van der Waals surface area (Å²) in [6.07, 6.45) is 0. The van der Waals surface area contributed by atoms with E-state index in [1.54, 1.807) is 25.5 Å². The number of ether oxygens (including phenoxy) is 1. The number of hydrogen-bond acceptors (Lipinski definition) is 5. The molecule has 0 aliphatic heterocycles. The molecule has 2 aromatic heterocycles. The third-order valence-electron chi connectivity index (χ3n) is 3.64. The lowest BCUT2D eigenvalue weighted by atomic mass is 9.95. The van der Waals surface area contributed by atoms with Crippen LogP contribution in [0.15, 0.2) is 29.6 Å². The van der Waals surface area contributed by atoms with Crippen LogP contribution in [0.2, 0.25) is 0 Å². The normalized spacial score (nSPS) is 11.7. The van der Waals surface area contributed by atoms with Gasteiger partial charge >= 0.3 is 0 Å². The Labute approximate surface area is 148 Å². The van der Waals surface area contributed by atoms with Crippen LogP contribution in [-0.2, 0) is 4.79 Å². The molecule has 0 atom stereocenters. The summed E-state index contributed by atoms with van der Waals surface area (Å²) >= 11 is 7.29. The standard InChI is InChI=1S/C16H17ClN4O2S/c1-16(2,9-17)13(22)18-14-19-15-21(20-14)12(8-24-15)10-4-6-11(23-3)7-5-10/h4-8H,9H2,1-3H3,(H,18,20,22). The van der Waals surface area contributed by atoms with Crippen LogP contribution < -0.4 is 10.1 Å². The summed E-state index contributed by atoms with van der Waals surface area (Å²) in [6.45, 7) is 3.55. The third-order valence-corrected chi connectivity index (χ3v) is 5.13. The second-order valence-electron chi connectivity index (χ2n) is 5.95. The highest BCUT2D eigenvalue weighted by Gasteiger charge is 2.27. The maximum atomic E-state index is 12.2. The van der Waals surface area contributed by atoms with Gasteiger partial charge in [0.25, 0.3) is 0 Å². The summed E-state index contributed by atoms with van der Waals surface area (Å²) < 4.78 is 6.89. The van der Waals surface area contributed by atoms with Gasteiger partial charge in [0.2, 0.25) is 16.8 Å². The smallest absolute Gasteiger partial charge is 0.250 e. The SMILES string of the molecule is COc1ccc(-c2csc3nc(NC(=O)C(C)(C)CCl)nn23)cc1. The average molecular weight is 365 g/mol. The molecule has 0 fully saturated rings. The minimum absolute atomic E-state index is 0.207. The van der Waals surface area contributed by atoms with Crippen molar-refractivity contribution in [3.8, 4) is 17.0 Å². The molecule has 0 unspecified atom stereocenters. The Kier molecular flexibility index (Phi) is 4.47. The van der Waals surface area contributed by atoms with Crippen LogP contribution >= 0.6 is 22.9 Å². The Bertz CT molecular complexity index is 870. The number of rotatable bonds is 5. The maximum absolute atomic E-state index is 12.2. The minimum atomic E-state index is -0.681. The monoisotopic (exact) mass is 364 g/mol. The molecule has 6 nitrogen and oxygen atoms in total. The molecule has 1 aromatic carbocycles. The molecule has 0 radical (unpaired) electrons. The molecule has 126 valence electrons. The van der Waals surface area contributed by atoms with E-state index in [0.717, 1.165) is 17.0 Å². The van der Waals surface area contributed by atoms with Crippen LogP contribution in [0, 0.1) is 5.41 Å². The van der Waals surface area contributed by atoms with Gasteiger partial charge in [-0.05, 0) is 38.1 Å². The molecule has 3 aromatic rings. The summed E-state index contributed by atoms with van der Waals surface area (Å²) in [5.74, 6) is 1.08. The molecule has 24 heavy (non-hydrogen) atoms. The summed E-state index contributed by atoms with van der Waals surface area (Å²) in [5, 5.41) is 9.09. The van der Waals surface area contributed by atoms with Gasteiger partial charge in [-0.3, -0.25) is 10.1 Å². The number of thiazole rings is 1. The molecule has 1 N–H and O–H groups in total. The number of benzene rings is 1. The number of carbonyl (C=O) groups is 1. The van der Waals surface area contributed by atoms with Crippen molar-refractivity contribution in [2.45, 2.75) is 13.8 Å². The number of hydrogen-bond donors (Lipinski definition) is 1. The molecule has 0 bridgehead atoms. The zero-order valence-electron chi connectivity index (χ0n) is 13.5. The van der Waals surface area contributed by atoms with Crippen molar-refractivity contribution < 1.29 is 9.53 Å². The van der Waals surface area contributed by atoms with Gasteiger partial charge in [-0.1, -0.05) is 0 Å². The molecule has 3 rings (SSSR count). The fourth-order valence-electron chi connectivity index (χ4n) is 2.03. The number of amides is 1. The van der Waals surface area contributed by atoms with E-state index in [1.165, 1.54) is 11.3 Å². The zero-order valence-corrected chi connectivity index (χ0v) is 15.1. The topological polar surface area (TPSA) is 68.5 Å². The quantitative estimate of drug-likeness (QED) is 0.701.